The lowest BCUT2D eigenvalue weighted by molar-refractivity contribution is -0.123. The molecular formula is C17H22N4O. The molecule has 2 aromatic heterocycles. The fourth-order valence-corrected chi connectivity index (χ4v) is 3.79. The maximum absolute atomic E-state index is 12.4. The van der Waals surface area contributed by atoms with E-state index in [2.05, 4.69) is 28.6 Å². The highest BCUT2D eigenvalue weighted by Gasteiger charge is 2.57. The molecule has 0 radical (unpaired) electrons. The number of fused-ring (bicyclic) bond motifs is 1. The number of pyridine rings is 1. The molecule has 5 nitrogen and oxygen atoms in total. The molecule has 5 heteroatoms. The van der Waals surface area contributed by atoms with E-state index in [4.69, 9.17) is 0 Å². The molecular weight excluding hydrogens is 276 g/mol. The monoisotopic (exact) mass is 298 g/mol. The minimum absolute atomic E-state index is 0.204. The van der Waals surface area contributed by atoms with Crippen molar-refractivity contribution in [2.24, 2.45) is 11.3 Å². The molecule has 0 aromatic carbocycles. The second kappa shape index (κ2) is 5.09. The highest BCUT2D eigenvalue weighted by Crippen LogP contribution is 2.58. The van der Waals surface area contributed by atoms with E-state index in [0.29, 0.717) is 12.0 Å². The van der Waals surface area contributed by atoms with Gasteiger partial charge in [-0.1, -0.05) is 6.07 Å². The van der Waals surface area contributed by atoms with Gasteiger partial charge in [0.15, 0.2) is 0 Å². The Labute approximate surface area is 130 Å². The van der Waals surface area contributed by atoms with Gasteiger partial charge in [0.1, 0.15) is 5.65 Å². The molecule has 1 aliphatic carbocycles. The molecule has 2 fully saturated rings. The number of piperidine rings is 1. The molecule has 1 atom stereocenters. The van der Waals surface area contributed by atoms with Crippen LogP contribution in [0.15, 0.2) is 24.5 Å². The van der Waals surface area contributed by atoms with Crippen molar-refractivity contribution in [2.45, 2.75) is 32.7 Å². The van der Waals surface area contributed by atoms with Gasteiger partial charge in [-0.05, 0) is 56.3 Å². The molecule has 1 unspecified atom stereocenters. The van der Waals surface area contributed by atoms with Gasteiger partial charge in [-0.2, -0.15) is 0 Å². The average Bonchev–Trinajstić information content (AvgIpc) is 3.04. The smallest absolute Gasteiger partial charge is 0.224 e. The Kier molecular flexibility index (Phi) is 3.18. The summed E-state index contributed by atoms with van der Waals surface area (Å²) in [7, 11) is 0. The fourth-order valence-electron chi connectivity index (χ4n) is 3.79. The van der Waals surface area contributed by atoms with Gasteiger partial charge in [0.25, 0.3) is 0 Å². The van der Waals surface area contributed by atoms with Gasteiger partial charge < -0.3 is 15.0 Å². The maximum atomic E-state index is 12.4. The molecule has 1 aliphatic heterocycles. The van der Waals surface area contributed by atoms with Crippen LogP contribution in [-0.4, -0.2) is 28.4 Å². The van der Waals surface area contributed by atoms with Crippen molar-refractivity contribution in [3.8, 4) is 0 Å². The first kappa shape index (κ1) is 13.8. The fraction of sp³-hybridized carbons (Fsp3) is 0.529. The summed E-state index contributed by atoms with van der Waals surface area (Å²) >= 11 is 0. The zero-order valence-electron chi connectivity index (χ0n) is 12.9. The van der Waals surface area contributed by atoms with Gasteiger partial charge in [0.05, 0.1) is 12.2 Å². The number of amides is 1. The van der Waals surface area contributed by atoms with E-state index in [0.717, 1.165) is 49.3 Å². The summed E-state index contributed by atoms with van der Waals surface area (Å²) in [6.07, 6.45) is 7.32. The number of hydrogen-bond donors (Lipinski definition) is 2. The van der Waals surface area contributed by atoms with Crippen molar-refractivity contribution in [3.05, 3.63) is 35.8 Å². The molecule has 2 N–H and O–H groups in total. The summed E-state index contributed by atoms with van der Waals surface area (Å²) < 4.78 is 2.02. The highest BCUT2D eigenvalue weighted by atomic mass is 16.2. The molecule has 1 spiro atoms. The van der Waals surface area contributed by atoms with Crippen molar-refractivity contribution >= 4 is 11.6 Å². The van der Waals surface area contributed by atoms with Crippen LogP contribution in [0.1, 0.15) is 30.5 Å². The predicted octanol–water partition coefficient (Wildman–Crippen LogP) is 1.65. The van der Waals surface area contributed by atoms with E-state index in [1.165, 1.54) is 0 Å². The first-order valence-corrected chi connectivity index (χ1v) is 8.10. The highest BCUT2D eigenvalue weighted by molar-refractivity contribution is 5.82. The number of carbonyl (C=O) groups is 1. The lowest BCUT2D eigenvalue weighted by Crippen LogP contribution is -2.33. The third kappa shape index (κ3) is 2.29. The van der Waals surface area contributed by atoms with Gasteiger partial charge >= 0.3 is 0 Å². The number of imidazole rings is 1. The van der Waals surface area contributed by atoms with Gasteiger partial charge in [-0.15, -0.1) is 0 Å². The van der Waals surface area contributed by atoms with Crippen LogP contribution in [0.3, 0.4) is 0 Å². The molecule has 2 aromatic rings. The summed E-state index contributed by atoms with van der Waals surface area (Å²) in [6, 6.07) is 4.06. The van der Waals surface area contributed by atoms with Crippen LogP contribution in [0.5, 0.6) is 0 Å². The second-order valence-electron chi connectivity index (χ2n) is 6.74. The summed E-state index contributed by atoms with van der Waals surface area (Å²) in [5.41, 5.74) is 3.33. The van der Waals surface area contributed by atoms with E-state index in [9.17, 15) is 4.79 Å². The van der Waals surface area contributed by atoms with E-state index in [-0.39, 0.29) is 11.8 Å². The Morgan fingerprint density at radius 2 is 2.32 bits per heavy atom. The summed E-state index contributed by atoms with van der Waals surface area (Å²) in [5.74, 6) is 0.420. The molecule has 1 amide bonds. The third-order valence-electron chi connectivity index (χ3n) is 5.28. The number of rotatable bonds is 3. The van der Waals surface area contributed by atoms with Crippen LogP contribution in [0, 0.1) is 18.3 Å². The molecule has 1 saturated carbocycles. The van der Waals surface area contributed by atoms with E-state index in [1.807, 2.05) is 22.9 Å². The Morgan fingerprint density at radius 1 is 1.50 bits per heavy atom. The van der Waals surface area contributed by atoms with E-state index in [1.54, 1.807) is 0 Å². The zero-order valence-corrected chi connectivity index (χ0v) is 12.9. The Balaban J connectivity index is 1.40. The van der Waals surface area contributed by atoms with Crippen LogP contribution >= 0.6 is 0 Å². The summed E-state index contributed by atoms with van der Waals surface area (Å²) in [6.45, 7) is 4.67. The van der Waals surface area contributed by atoms with E-state index >= 15 is 0 Å². The first-order chi connectivity index (χ1) is 10.7. The second-order valence-corrected chi connectivity index (χ2v) is 6.74. The SMILES string of the molecule is Cc1cccn2cc(CNC(=O)C3CC34CCNCC4)nc12. The molecule has 22 heavy (non-hydrogen) atoms. The largest absolute Gasteiger partial charge is 0.350 e. The predicted molar refractivity (Wildman–Crippen MR) is 84.4 cm³/mol. The van der Waals surface area contributed by atoms with Crippen LogP contribution in [0.25, 0.3) is 5.65 Å². The number of nitrogens with zero attached hydrogens (tertiary/aromatic N) is 2. The van der Waals surface area contributed by atoms with Crippen molar-refractivity contribution in [1.82, 2.24) is 20.0 Å². The van der Waals surface area contributed by atoms with Gasteiger partial charge in [0, 0.05) is 18.3 Å². The van der Waals surface area contributed by atoms with Crippen molar-refractivity contribution in [2.75, 3.05) is 13.1 Å². The Hall–Kier alpha value is -1.88. The van der Waals surface area contributed by atoms with Gasteiger partial charge in [0.2, 0.25) is 5.91 Å². The van der Waals surface area contributed by atoms with Crippen molar-refractivity contribution in [1.29, 1.82) is 0 Å². The number of carbonyl (C=O) groups excluding carboxylic acids is 1. The quantitative estimate of drug-likeness (QED) is 0.906. The topological polar surface area (TPSA) is 58.4 Å². The number of nitrogens with one attached hydrogen (secondary N) is 2. The van der Waals surface area contributed by atoms with Crippen LogP contribution < -0.4 is 10.6 Å². The first-order valence-electron chi connectivity index (χ1n) is 8.10. The molecule has 3 heterocycles. The number of aryl methyl sites for hydroxylation is 1. The van der Waals surface area contributed by atoms with E-state index < -0.39 is 0 Å². The standard InChI is InChI=1S/C17H22N4O/c1-12-3-2-8-21-11-13(20-15(12)21)10-19-16(22)14-9-17(14)4-6-18-7-5-17/h2-3,8,11,14,18H,4-7,9-10H2,1H3,(H,19,22). The van der Waals surface area contributed by atoms with Crippen LogP contribution in [-0.2, 0) is 11.3 Å². The molecule has 0 bridgehead atoms. The lowest BCUT2D eigenvalue weighted by Gasteiger charge is -2.23. The minimum Gasteiger partial charge on any atom is -0.350 e. The van der Waals surface area contributed by atoms with Crippen LogP contribution in [0.2, 0.25) is 0 Å². The van der Waals surface area contributed by atoms with Crippen LogP contribution in [0.4, 0.5) is 0 Å². The minimum atomic E-state index is 0.204. The Morgan fingerprint density at radius 3 is 3.09 bits per heavy atom. The molecule has 2 aliphatic rings. The maximum Gasteiger partial charge on any atom is 0.224 e. The Bertz CT molecular complexity index is 715. The van der Waals surface area contributed by atoms with Crippen molar-refractivity contribution in [3.63, 3.8) is 0 Å². The van der Waals surface area contributed by atoms with Gasteiger partial charge in [-0.3, -0.25) is 4.79 Å². The lowest BCUT2D eigenvalue weighted by atomic mass is 9.92. The normalized spacial score (nSPS) is 22.9. The van der Waals surface area contributed by atoms with Crippen molar-refractivity contribution < 1.29 is 4.79 Å². The molecule has 116 valence electrons. The molecule has 4 rings (SSSR count). The average molecular weight is 298 g/mol. The molecule has 1 saturated heterocycles. The summed E-state index contributed by atoms with van der Waals surface area (Å²) in [5, 5.41) is 6.45. The van der Waals surface area contributed by atoms with Gasteiger partial charge in [-0.25, -0.2) is 4.98 Å². The number of hydrogen-bond acceptors (Lipinski definition) is 3. The third-order valence-corrected chi connectivity index (χ3v) is 5.28. The number of aromatic nitrogens is 2. The summed E-state index contributed by atoms with van der Waals surface area (Å²) in [4.78, 5) is 17.0. The zero-order chi connectivity index (χ0) is 15.2.